The lowest BCUT2D eigenvalue weighted by molar-refractivity contribution is 0.353. The van der Waals surface area contributed by atoms with Crippen LogP contribution in [-0.2, 0) is 0 Å². The third-order valence-corrected chi connectivity index (χ3v) is 5.18. The van der Waals surface area contributed by atoms with Gasteiger partial charge in [-0.1, -0.05) is 59.9 Å². The smallest absolute Gasteiger partial charge is 0.161 e. The molecule has 0 amide bonds. The highest BCUT2D eigenvalue weighted by Gasteiger charge is 2.34. The van der Waals surface area contributed by atoms with Gasteiger partial charge in [0, 0.05) is 5.92 Å². The second kappa shape index (κ2) is 8.64. The van der Waals surface area contributed by atoms with Gasteiger partial charge in [0.05, 0.1) is 28.4 Å². The molecule has 0 atom stereocenters. The Morgan fingerprint density at radius 3 is 1.28 bits per heavy atom. The first kappa shape index (κ1) is 20.4. The number of methoxy groups -OCH3 is 4. The molecule has 4 nitrogen and oxygen atoms in total. The highest BCUT2D eigenvalue weighted by Crippen LogP contribution is 2.51. The van der Waals surface area contributed by atoms with Gasteiger partial charge in [-0.3, -0.25) is 0 Å². The summed E-state index contributed by atoms with van der Waals surface area (Å²) in [5.74, 6) is 2.61. The van der Waals surface area contributed by atoms with E-state index in [9.17, 15) is 0 Å². The van der Waals surface area contributed by atoms with Crippen LogP contribution in [0.4, 0.5) is 0 Å². The summed E-state index contributed by atoms with van der Waals surface area (Å²) in [6.07, 6.45) is 0. The van der Waals surface area contributed by atoms with Gasteiger partial charge in [-0.05, 0) is 35.4 Å². The number of alkyl halides is 3. The molecule has 136 valence electrons. The van der Waals surface area contributed by atoms with Gasteiger partial charge in [0.2, 0.25) is 0 Å². The third kappa shape index (κ3) is 4.63. The Morgan fingerprint density at radius 1 is 0.640 bits per heavy atom. The van der Waals surface area contributed by atoms with E-state index in [1.807, 2.05) is 36.4 Å². The maximum atomic E-state index is 5.44. The van der Waals surface area contributed by atoms with E-state index in [1.165, 1.54) is 0 Å². The Kier molecular flexibility index (Phi) is 7.05. The summed E-state index contributed by atoms with van der Waals surface area (Å²) in [6, 6.07) is 11.7. The van der Waals surface area contributed by atoms with Crippen molar-refractivity contribution in [1.82, 2.24) is 0 Å². The summed E-state index contributed by atoms with van der Waals surface area (Å²) in [4.78, 5) is 0. The normalized spacial score (nSPS) is 11.4. The number of rotatable bonds is 6. The maximum Gasteiger partial charge on any atom is 0.161 e. The van der Waals surface area contributed by atoms with E-state index >= 15 is 0 Å². The molecule has 0 bridgehead atoms. The van der Waals surface area contributed by atoms with Crippen LogP contribution in [-0.4, -0.2) is 30.6 Å². The fourth-order valence-corrected chi connectivity index (χ4v) is 4.22. The first-order chi connectivity index (χ1) is 11.8. The highest BCUT2D eigenvalue weighted by atomic mass is 80.0. The number of hydrogen-bond donors (Lipinski definition) is 0. The minimum Gasteiger partial charge on any atom is -0.493 e. The van der Waals surface area contributed by atoms with Gasteiger partial charge in [0.1, 0.15) is 2.14 Å². The molecule has 25 heavy (non-hydrogen) atoms. The molecule has 0 unspecified atom stereocenters. The van der Waals surface area contributed by atoms with Crippen molar-refractivity contribution in [2.75, 3.05) is 28.4 Å². The zero-order valence-electron chi connectivity index (χ0n) is 14.3. The first-order valence-corrected chi connectivity index (χ1v) is 9.74. The third-order valence-electron chi connectivity index (χ3n) is 3.81. The minimum atomic E-state index is -0.563. The second-order valence-electron chi connectivity index (χ2n) is 5.20. The van der Waals surface area contributed by atoms with Gasteiger partial charge in [0.15, 0.2) is 23.0 Å². The molecule has 0 aliphatic carbocycles. The van der Waals surface area contributed by atoms with Gasteiger partial charge < -0.3 is 18.9 Å². The van der Waals surface area contributed by atoms with E-state index < -0.39 is 2.14 Å². The Balaban J connectivity index is 2.58. The summed E-state index contributed by atoms with van der Waals surface area (Å²) in [6.45, 7) is 0. The molecule has 0 radical (unpaired) electrons. The number of benzene rings is 2. The molecular weight excluding hydrogens is 520 g/mol. The average molecular weight is 539 g/mol. The number of ether oxygens (including phenoxy) is 4. The molecule has 2 aromatic rings. The summed E-state index contributed by atoms with van der Waals surface area (Å²) in [5, 5.41) is 0. The molecule has 0 saturated heterocycles. The van der Waals surface area contributed by atoms with E-state index in [2.05, 4.69) is 47.8 Å². The van der Waals surface area contributed by atoms with Gasteiger partial charge in [-0.25, -0.2) is 0 Å². The van der Waals surface area contributed by atoms with Crippen LogP contribution in [0, 0.1) is 0 Å². The highest BCUT2D eigenvalue weighted by molar-refractivity contribution is 9.39. The van der Waals surface area contributed by atoms with Crippen molar-refractivity contribution in [2.45, 2.75) is 8.06 Å². The molecule has 2 rings (SSSR count). The molecule has 7 heteroatoms. The summed E-state index contributed by atoms with van der Waals surface area (Å²) >= 11 is 11.0. The lowest BCUT2D eigenvalue weighted by Gasteiger charge is -2.28. The maximum absolute atomic E-state index is 5.44. The molecule has 0 aliphatic rings. The zero-order valence-corrected chi connectivity index (χ0v) is 19.1. The van der Waals surface area contributed by atoms with Crippen LogP contribution in [0.1, 0.15) is 17.0 Å². The van der Waals surface area contributed by atoms with Crippen molar-refractivity contribution in [2.24, 2.45) is 0 Å². The van der Waals surface area contributed by atoms with Crippen LogP contribution in [0.2, 0.25) is 0 Å². The van der Waals surface area contributed by atoms with Gasteiger partial charge in [-0.15, -0.1) is 0 Å². The monoisotopic (exact) mass is 536 g/mol. The molecule has 0 saturated carbocycles. The molecule has 0 N–H and O–H groups in total. The fourth-order valence-electron chi connectivity index (χ4n) is 2.64. The van der Waals surface area contributed by atoms with Gasteiger partial charge in [0.25, 0.3) is 0 Å². The molecule has 2 aromatic carbocycles. The molecule has 0 heterocycles. The lowest BCUT2D eigenvalue weighted by atomic mass is 9.92. The molecule has 0 fully saturated rings. The lowest BCUT2D eigenvalue weighted by Crippen LogP contribution is -2.17. The van der Waals surface area contributed by atoms with E-state index in [0.29, 0.717) is 23.0 Å². The summed E-state index contributed by atoms with van der Waals surface area (Å²) in [7, 11) is 6.48. The molecule has 0 spiro atoms. The quantitative estimate of drug-likeness (QED) is 0.443. The predicted octanol–water partition coefficient (Wildman–Crippen LogP) is 5.69. The van der Waals surface area contributed by atoms with Crippen LogP contribution in [0.5, 0.6) is 23.0 Å². The zero-order chi connectivity index (χ0) is 18.6. The Hall–Kier alpha value is -0.920. The van der Waals surface area contributed by atoms with Crippen LogP contribution >= 0.6 is 47.8 Å². The summed E-state index contributed by atoms with van der Waals surface area (Å²) < 4.78 is 21.0. The van der Waals surface area contributed by atoms with Crippen LogP contribution in [0.3, 0.4) is 0 Å². The fraction of sp³-hybridized carbons (Fsp3) is 0.333. The van der Waals surface area contributed by atoms with Crippen LogP contribution in [0.15, 0.2) is 36.4 Å². The SMILES string of the molecule is COc1ccc(C(c2ccc(OC)c(OC)c2)C(Br)(Br)Br)cc1OC. The largest absolute Gasteiger partial charge is 0.493 e. The standard InChI is InChI=1S/C18H19Br3O4/c1-22-13-7-5-11(9-15(13)24-3)17(18(19,20)21)12-6-8-14(23-2)16(10-12)25-4/h5-10,17H,1-4H3. The van der Waals surface area contributed by atoms with Gasteiger partial charge in [-0.2, -0.15) is 0 Å². The Morgan fingerprint density at radius 2 is 1.00 bits per heavy atom. The molecule has 0 aliphatic heterocycles. The van der Waals surface area contributed by atoms with Crippen molar-refractivity contribution < 1.29 is 18.9 Å². The first-order valence-electron chi connectivity index (χ1n) is 7.36. The molecular formula is C18H19Br3O4. The predicted molar refractivity (Wildman–Crippen MR) is 110 cm³/mol. The number of hydrogen-bond acceptors (Lipinski definition) is 4. The number of halogens is 3. The van der Waals surface area contributed by atoms with E-state index in [-0.39, 0.29) is 5.92 Å². The van der Waals surface area contributed by atoms with Gasteiger partial charge >= 0.3 is 0 Å². The van der Waals surface area contributed by atoms with Crippen molar-refractivity contribution in [3.05, 3.63) is 47.5 Å². The van der Waals surface area contributed by atoms with Crippen LogP contribution in [0.25, 0.3) is 0 Å². The van der Waals surface area contributed by atoms with Crippen molar-refractivity contribution >= 4 is 47.8 Å². The minimum absolute atomic E-state index is 0.0906. The van der Waals surface area contributed by atoms with E-state index in [4.69, 9.17) is 18.9 Å². The topological polar surface area (TPSA) is 36.9 Å². The van der Waals surface area contributed by atoms with Crippen molar-refractivity contribution in [3.63, 3.8) is 0 Å². The molecule has 0 aromatic heterocycles. The van der Waals surface area contributed by atoms with Crippen molar-refractivity contribution in [1.29, 1.82) is 0 Å². The van der Waals surface area contributed by atoms with Crippen molar-refractivity contribution in [3.8, 4) is 23.0 Å². The van der Waals surface area contributed by atoms with E-state index in [0.717, 1.165) is 11.1 Å². The Labute approximate surface area is 173 Å². The second-order valence-corrected chi connectivity index (χ2v) is 12.1. The average Bonchev–Trinajstić information content (AvgIpc) is 2.60. The Bertz CT molecular complexity index is 673. The van der Waals surface area contributed by atoms with E-state index in [1.54, 1.807) is 28.4 Å². The summed E-state index contributed by atoms with van der Waals surface area (Å²) in [5.41, 5.74) is 2.05. The van der Waals surface area contributed by atoms with Crippen LogP contribution < -0.4 is 18.9 Å².